The lowest BCUT2D eigenvalue weighted by Gasteiger charge is -2.26. The van der Waals surface area contributed by atoms with Gasteiger partial charge in [0.15, 0.2) is 0 Å². The highest BCUT2D eigenvalue weighted by atomic mass is 35.5. The number of hydrogen-bond acceptors (Lipinski definition) is 5. The maximum Gasteiger partial charge on any atom is 0.335 e. The van der Waals surface area contributed by atoms with E-state index in [1.165, 1.54) is 11.1 Å². The van der Waals surface area contributed by atoms with Crippen molar-refractivity contribution in [3.63, 3.8) is 0 Å². The third-order valence-corrected chi connectivity index (χ3v) is 4.91. The van der Waals surface area contributed by atoms with Crippen LogP contribution in [0.3, 0.4) is 0 Å². The minimum absolute atomic E-state index is 0. The molecule has 0 spiro atoms. The standard InChI is InChI=1S/C22H18N4O4.ClH/c1-13-8-10-15(11-9-13)25-20(28)18(19(27)23-22(25)30)12-17-14(2)24-26(21(17)29)16-6-4-3-5-7-16;/h3-12,17H,1-2H3,(H,23,27,30);1H. The number of urea groups is 1. The second kappa shape index (κ2) is 8.53. The largest absolute Gasteiger partial charge is 0.335 e. The predicted molar refractivity (Wildman–Crippen MR) is 118 cm³/mol. The van der Waals surface area contributed by atoms with Crippen molar-refractivity contribution >= 4 is 53.2 Å². The van der Waals surface area contributed by atoms with E-state index < -0.39 is 23.8 Å². The lowest BCUT2D eigenvalue weighted by Crippen LogP contribution is -2.54. The van der Waals surface area contributed by atoms with Crippen molar-refractivity contribution in [3.8, 4) is 0 Å². The van der Waals surface area contributed by atoms with Gasteiger partial charge in [-0.1, -0.05) is 35.9 Å². The van der Waals surface area contributed by atoms with Gasteiger partial charge in [0.1, 0.15) is 5.57 Å². The molecule has 1 saturated heterocycles. The number of hydrogen-bond donors (Lipinski definition) is 1. The van der Waals surface area contributed by atoms with Crippen molar-refractivity contribution in [1.29, 1.82) is 0 Å². The summed E-state index contributed by atoms with van der Waals surface area (Å²) < 4.78 is 0. The highest BCUT2D eigenvalue weighted by molar-refractivity contribution is 6.38. The lowest BCUT2D eigenvalue weighted by atomic mass is 9.98. The van der Waals surface area contributed by atoms with Gasteiger partial charge in [-0.2, -0.15) is 10.1 Å². The number of hydrazone groups is 1. The summed E-state index contributed by atoms with van der Waals surface area (Å²) >= 11 is 0. The fourth-order valence-electron chi connectivity index (χ4n) is 3.30. The molecule has 8 nitrogen and oxygen atoms in total. The first-order valence-electron chi connectivity index (χ1n) is 9.29. The van der Waals surface area contributed by atoms with Gasteiger partial charge in [-0.05, 0) is 44.2 Å². The summed E-state index contributed by atoms with van der Waals surface area (Å²) in [6.45, 7) is 3.53. The molecule has 158 valence electrons. The second-order valence-electron chi connectivity index (χ2n) is 7.02. The molecule has 2 heterocycles. The summed E-state index contributed by atoms with van der Waals surface area (Å²) in [6.07, 6.45) is 1.27. The zero-order chi connectivity index (χ0) is 21.4. The molecule has 0 aromatic heterocycles. The summed E-state index contributed by atoms with van der Waals surface area (Å²) in [4.78, 5) is 51.5. The molecule has 0 aliphatic carbocycles. The summed E-state index contributed by atoms with van der Waals surface area (Å²) in [5.41, 5.74) is 2.03. The van der Waals surface area contributed by atoms with Gasteiger partial charge in [0.25, 0.3) is 17.7 Å². The number of carbonyl (C=O) groups excluding carboxylic acids is 4. The number of nitrogens with zero attached hydrogens (tertiary/aromatic N) is 3. The number of nitrogens with one attached hydrogen (secondary N) is 1. The molecular weight excluding hydrogens is 420 g/mol. The number of benzene rings is 2. The Morgan fingerprint density at radius 2 is 1.55 bits per heavy atom. The normalized spacial score (nSPS) is 20.0. The maximum atomic E-state index is 13.0. The minimum atomic E-state index is -0.886. The van der Waals surface area contributed by atoms with Gasteiger partial charge in [-0.3, -0.25) is 19.7 Å². The van der Waals surface area contributed by atoms with Crippen LogP contribution in [0.4, 0.5) is 16.2 Å². The number of barbiturate groups is 1. The van der Waals surface area contributed by atoms with Crippen molar-refractivity contribution in [2.45, 2.75) is 13.8 Å². The van der Waals surface area contributed by atoms with E-state index in [1.54, 1.807) is 55.5 Å². The Kier molecular flexibility index (Phi) is 6.03. The molecule has 0 saturated carbocycles. The lowest BCUT2D eigenvalue weighted by molar-refractivity contribution is -0.122. The van der Waals surface area contributed by atoms with E-state index in [1.807, 2.05) is 13.0 Å². The van der Waals surface area contributed by atoms with Gasteiger partial charge >= 0.3 is 6.03 Å². The van der Waals surface area contributed by atoms with Crippen LogP contribution in [0.5, 0.6) is 0 Å². The van der Waals surface area contributed by atoms with Crippen LogP contribution in [0.1, 0.15) is 12.5 Å². The van der Waals surface area contributed by atoms with E-state index in [0.29, 0.717) is 17.1 Å². The summed E-state index contributed by atoms with van der Waals surface area (Å²) in [5, 5.41) is 7.68. The Hall–Kier alpha value is -3.78. The van der Waals surface area contributed by atoms with Crippen molar-refractivity contribution in [2.24, 2.45) is 11.0 Å². The quantitative estimate of drug-likeness (QED) is 0.588. The van der Waals surface area contributed by atoms with Crippen LogP contribution >= 0.6 is 12.4 Å². The first kappa shape index (κ1) is 21.9. The maximum absolute atomic E-state index is 13.0. The Bertz CT molecular complexity index is 1130. The average molecular weight is 439 g/mol. The molecular formula is C22H19ClN4O4. The molecule has 0 bridgehead atoms. The Balaban J connectivity index is 0.00000272. The van der Waals surface area contributed by atoms with Crippen LogP contribution in [0.2, 0.25) is 0 Å². The number of para-hydroxylation sites is 1. The van der Waals surface area contributed by atoms with Crippen molar-refractivity contribution < 1.29 is 19.2 Å². The average Bonchev–Trinajstić information content (AvgIpc) is 3.01. The van der Waals surface area contributed by atoms with E-state index in [-0.39, 0.29) is 23.9 Å². The van der Waals surface area contributed by atoms with Crippen LogP contribution in [0.15, 0.2) is 71.3 Å². The van der Waals surface area contributed by atoms with Gasteiger partial charge in [0, 0.05) is 0 Å². The Labute approximate surface area is 184 Å². The number of rotatable bonds is 3. The van der Waals surface area contributed by atoms with Crippen molar-refractivity contribution in [1.82, 2.24) is 5.32 Å². The minimum Gasteiger partial charge on any atom is -0.273 e. The van der Waals surface area contributed by atoms with Crippen molar-refractivity contribution in [2.75, 3.05) is 9.91 Å². The smallest absolute Gasteiger partial charge is 0.273 e. The Morgan fingerprint density at radius 3 is 2.19 bits per heavy atom. The monoisotopic (exact) mass is 438 g/mol. The van der Waals surface area contributed by atoms with Gasteiger partial charge in [-0.15, -0.1) is 12.4 Å². The molecule has 9 heteroatoms. The SMILES string of the molecule is CC1=NN(c2ccccc2)C(=O)C1C=C1C(=O)NC(=O)N(c2ccc(C)cc2)C1=O.Cl. The molecule has 2 aromatic carbocycles. The zero-order valence-corrected chi connectivity index (χ0v) is 17.6. The molecule has 1 unspecified atom stereocenters. The van der Waals surface area contributed by atoms with Crippen molar-refractivity contribution in [3.05, 3.63) is 71.8 Å². The van der Waals surface area contributed by atoms with Gasteiger partial charge in [0.2, 0.25) is 0 Å². The highest BCUT2D eigenvalue weighted by Crippen LogP contribution is 2.27. The molecule has 1 N–H and O–H groups in total. The van der Waals surface area contributed by atoms with Crippen LogP contribution in [-0.4, -0.2) is 29.5 Å². The molecule has 31 heavy (non-hydrogen) atoms. The third kappa shape index (κ3) is 3.97. The van der Waals surface area contributed by atoms with E-state index in [9.17, 15) is 19.2 Å². The number of halogens is 1. The number of amides is 5. The second-order valence-corrected chi connectivity index (χ2v) is 7.02. The van der Waals surface area contributed by atoms with E-state index in [2.05, 4.69) is 10.4 Å². The number of carbonyl (C=O) groups is 4. The number of aryl methyl sites for hydroxylation is 1. The first-order valence-corrected chi connectivity index (χ1v) is 9.29. The number of imide groups is 2. The predicted octanol–water partition coefficient (Wildman–Crippen LogP) is 2.96. The van der Waals surface area contributed by atoms with Gasteiger partial charge in [0.05, 0.1) is 23.0 Å². The molecule has 2 aliphatic rings. The topological polar surface area (TPSA) is 99.2 Å². The first-order chi connectivity index (χ1) is 14.4. The van der Waals surface area contributed by atoms with Crippen LogP contribution in [0, 0.1) is 12.8 Å². The fourth-order valence-corrected chi connectivity index (χ4v) is 3.30. The van der Waals surface area contributed by atoms with Crippen LogP contribution in [-0.2, 0) is 14.4 Å². The summed E-state index contributed by atoms with van der Waals surface area (Å²) in [6, 6.07) is 14.8. The molecule has 0 radical (unpaired) electrons. The fraction of sp³-hybridized carbons (Fsp3) is 0.136. The van der Waals surface area contributed by atoms with E-state index in [4.69, 9.17) is 0 Å². The number of anilines is 2. The Morgan fingerprint density at radius 1 is 0.903 bits per heavy atom. The molecule has 5 amide bonds. The zero-order valence-electron chi connectivity index (χ0n) is 16.7. The molecule has 4 rings (SSSR count). The molecule has 2 aromatic rings. The van der Waals surface area contributed by atoms with Crippen LogP contribution < -0.4 is 15.2 Å². The molecule has 2 aliphatic heterocycles. The van der Waals surface area contributed by atoms with E-state index >= 15 is 0 Å². The third-order valence-electron chi connectivity index (χ3n) is 4.91. The summed E-state index contributed by atoms with van der Waals surface area (Å²) in [7, 11) is 0. The van der Waals surface area contributed by atoms with Gasteiger partial charge in [-0.25, -0.2) is 9.69 Å². The van der Waals surface area contributed by atoms with Crippen LogP contribution in [0.25, 0.3) is 0 Å². The summed E-state index contributed by atoms with van der Waals surface area (Å²) in [5.74, 6) is -2.90. The molecule has 1 fully saturated rings. The molecule has 1 atom stereocenters. The van der Waals surface area contributed by atoms with E-state index in [0.717, 1.165) is 10.5 Å². The van der Waals surface area contributed by atoms with Gasteiger partial charge < -0.3 is 0 Å². The highest BCUT2D eigenvalue weighted by Gasteiger charge is 2.40.